The van der Waals surface area contributed by atoms with Gasteiger partial charge in [-0.15, -0.1) is 0 Å². The number of ether oxygens (including phenoxy) is 4. The average molecular weight is 663 g/mol. The Balaban J connectivity index is 1.42. The van der Waals surface area contributed by atoms with Gasteiger partial charge in [-0.3, -0.25) is 19.3 Å². The van der Waals surface area contributed by atoms with E-state index in [1.54, 1.807) is 50.6 Å². The van der Waals surface area contributed by atoms with Crippen molar-refractivity contribution in [1.29, 1.82) is 0 Å². The molecule has 6 rings (SSSR count). The zero-order valence-corrected chi connectivity index (χ0v) is 27.7. The van der Waals surface area contributed by atoms with Crippen molar-refractivity contribution in [2.45, 2.75) is 31.4 Å². The predicted molar refractivity (Wildman–Crippen MR) is 172 cm³/mol. The van der Waals surface area contributed by atoms with Crippen LogP contribution in [0.2, 0.25) is 5.02 Å². The van der Waals surface area contributed by atoms with Crippen molar-refractivity contribution >= 4 is 29.1 Å². The van der Waals surface area contributed by atoms with E-state index in [2.05, 4.69) is 5.32 Å². The van der Waals surface area contributed by atoms with E-state index in [4.69, 9.17) is 39.4 Å². The lowest BCUT2D eigenvalue weighted by atomic mass is 9.70. The van der Waals surface area contributed by atoms with Gasteiger partial charge in [0, 0.05) is 36.1 Å². The lowest BCUT2D eigenvalue weighted by Crippen LogP contribution is -2.56. The van der Waals surface area contributed by atoms with Crippen LogP contribution in [0, 0.1) is 5.92 Å². The van der Waals surface area contributed by atoms with Gasteiger partial charge in [0.15, 0.2) is 5.75 Å². The molecule has 0 radical (unpaired) electrons. The third-order valence-electron chi connectivity index (χ3n) is 8.93. The Bertz CT molecular complexity index is 1850. The van der Waals surface area contributed by atoms with Crippen LogP contribution in [0.3, 0.4) is 0 Å². The number of Topliss-reactive ketones (excluding diaryl/α,β-unsaturated/α-hetero) is 2. The summed E-state index contributed by atoms with van der Waals surface area (Å²) < 4.78 is 34.5. The number of nitrogens with one attached hydrogen (secondary N) is 1. The lowest BCUT2D eigenvalue weighted by Gasteiger charge is -2.35. The number of fused-ring (bicyclic) bond motifs is 2. The zero-order chi connectivity index (χ0) is 33.6. The molecule has 1 amide bonds. The number of halogens is 1. The van der Waals surface area contributed by atoms with Gasteiger partial charge in [0.05, 0.1) is 45.6 Å². The molecule has 2 aliphatic rings. The molecule has 2 aromatic carbocycles. The van der Waals surface area contributed by atoms with Crippen LogP contribution in [0.4, 0.5) is 0 Å². The molecular weight excluding hydrogens is 628 g/mol. The maximum atomic E-state index is 14.8. The van der Waals surface area contributed by atoms with Gasteiger partial charge in [0.25, 0.3) is 0 Å². The quantitative estimate of drug-likeness (QED) is 0.215. The highest BCUT2D eigenvalue weighted by molar-refractivity contribution is 6.36. The number of amides is 1. The Morgan fingerprint density at radius 2 is 1.74 bits per heavy atom. The number of likely N-dealkylation sites (N-methyl/N-ethyl adjacent to an activating group) is 1. The Labute approximate surface area is 276 Å². The minimum absolute atomic E-state index is 0.0161. The van der Waals surface area contributed by atoms with Crippen LogP contribution < -0.4 is 24.3 Å². The van der Waals surface area contributed by atoms with Gasteiger partial charge >= 0.3 is 0 Å². The summed E-state index contributed by atoms with van der Waals surface area (Å²) in [5.41, 5.74) is -0.771. The molecule has 1 aliphatic heterocycles. The number of benzene rings is 2. The monoisotopic (exact) mass is 662 g/mol. The number of carbonyl (C=O) groups is 3. The highest BCUT2D eigenvalue weighted by Gasteiger charge is 2.63. The Hall–Kier alpha value is -4.74. The summed E-state index contributed by atoms with van der Waals surface area (Å²) >= 11 is 6.61. The van der Waals surface area contributed by atoms with Gasteiger partial charge in [0.1, 0.15) is 45.1 Å². The number of ketones is 2. The first-order chi connectivity index (χ1) is 22.5. The molecule has 11 nitrogen and oxygen atoms in total. The fraction of sp³-hybridized carbons (Fsp3) is 0.343. The highest BCUT2D eigenvalue weighted by Crippen LogP contribution is 2.54. The van der Waals surface area contributed by atoms with Gasteiger partial charge in [-0.1, -0.05) is 18.5 Å². The number of methoxy groups -OCH3 is 3. The molecule has 1 spiro atoms. The average Bonchev–Trinajstić information content (AvgIpc) is 3.79. The number of hydrogen-bond donors (Lipinski definition) is 1. The summed E-state index contributed by atoms with van der Waals surface area (Å²) in [5.74, 6) is 0.272. The van der Waals surface area contributed by atoms with Crippen LogP contribution in [0.25, 0.3) is 11.3 Å². The summed E-state index contributed by atoms with van der Waals surface area (Å²) in [6.45, 7) is 2.00. The molecule has 12 heteroatoms. The predicted octanol–water partition coefficient (Wildman–Crippen LogP) is 5.57. The van der Waals surface area contributed by atoms with E-state index in [1.807, 2.05) is 25.1 Å². The van der Waals surface area contributed by atoms with Crippen LogP contribution in [0.1, 0.15) is 50.8 Å². The summed E-state index contributed by atoms with van der Waals surface area (Å²) in [5, 5.41) is 3.03. The Morgan fingerprint density at radius 3 is 2.36 bits per heavy atom. The summed E-state index contributed by atoms with van der Waals surface area (Å²) in [6.07, 6.45) is 1.57. The van der Waals surface area contributed by atoms with Gasteiger partial charge in [-0.05, 0) is 50.5 Å². The molecule has 4 aromatic rings. The summed E-state index contributed by atoms with van der Waals surface area (Å²) in [7, 11) is 8.18. The van der Waals surface area contributed by atoms with E-state index in [0.29, 0.717) is 34.2 Å². The summed E-state index contributed by atoms with van der Waals surface area (Å²) in [6, 6.07) is 12.0. The minimum atomic E-state index is -1.96. The van der Waals surface area contributed by atoms with Gasteiger partial charge < -0.3 is 33.1 Å². The maximum absolute atomic E-state index is 14.8. The van der Waals surface area contributed by atoms with Crippen molar-refractivity contribution in [2.75, 3.05) is 42.0 Å². The van der Waals surface area contributed by atoms with E-state index < -0.39 is 23.1 Å². The van der Waals surface area contributed by atoms with Crippen LogP contribution in [0.5, 0.6) is 23.0 Å². The number of rotatable bonds is 10. The first-order valence-electron chi connectivity index (χ1n) is 15.0. The van der Waals surface area contributed by atoms with Crippen LogP contribution in [0.15, 0.2) is 57.6 Å². The number of nitrogens with zero attached hydrogens (tertiary/aromatic N) is 1. The molecule has 3 heterocycles. The van der Waals surface area contributed by atoms with Crippen molar-refractivity contribution in [2.24, 2.45) is 5.92 Å². The van der Waals surface area contributed by atoms with E-state index in [-0.39, 0.29) is 64.7 Å². The van der Waals surface area contributed by atoms with Crippen molar-refractivity contribution in [1.82, 2.24) is 10.2 Å². The van der Waals surface area contributed by atoms with Crippen molar-refractivity contribution < 1.29 is 42.2 Å². The highest BCUT2D eigenvalue weighted by atomic mass is 35.5. The van der Waals surface area contributed by atoms with Gasteiger partial charge in [-0.2, -0.15) is 0 Å². The summed E-state index contributed by atoms with van der Waals surface area (Å²) in [4.78, 5) is 44.6. The molecular formula is C35H35ClN2O9. The fourth-order valence-electron chi connectivity index (χ4n) is 6.43. The van der Waals surface area contributed by atoms with Crippen molar-refractivity contribution in [3.63, 3.8) is 0 Å². The van der Waals surface area contributed by atoms with Crippen LogP contribution >= 0.6 is 11.6 Å². The largest absolute Gasteiger partial charge is 0.497 e. The van der Waals surface area contributed by atoms with E-state index in [1.165, 1.54) is 20.3 Å². The van der Waals surface area contributed by atoms with Crippen LogP contribution in [-0.2, 0) is 17.6 Å². The molecule has 1 aliphatic carbocycles. The van der Waals surface area contributed by atoms with Crippen molar-refractivity contribution in [3.8, 4) is 34.3 Å². The first kappa shape index (κ1) is 32.2. The van der Waals surface area contributed by atoms with E-state index in [0.717, 1.165) is 0 Å². The van der Waals surface area contributed by atoms with Crippen molar-refractivity contribution in [3.05, 3.63) is 82.0 Å². The number of carbonyl (C=O) groups excluding carboxylic acids is 3. The minimum Gasteiger partial charge on any atom is -0.497 e. The second-order valence-corrected chi connectivity index (χ2v) is 12.2. The third kappa shape index (κ3) is 5.23. The van der Waals surface area contributed by atoms with E-state index in [9.17, 15) is 14.4 Å². The van der Waals surface area contributed by atoms with Gasteiger partial charge in [-0.25, -0.2) is 0 Å². The Morgan fingerprint density at radius 1 is 1.04 bits per heavy atom. The lowest BCUT2D eigenvalue weighted by molar-refractivity contribution is -0.120. The topological polar surface area (TPSA) is 130 Å². The molecule has 0 saturated heterocycles. The molecule has 1 unspecified atom stereocenters. The van der Waals surface area contributed by atoms with E-state index >= 15 is 0 Å². The second-order valence-electron chi connectivity index (χ2n) is 11.8. The molecule has 2 aromatic heterocycles. The molecule has 246 valence electrons. The number of furan rings is 2. The SMILES string of the molecule is COc1ccc(-c2oc3c(c2CC(=O)NCC(c2ccco2)N(C)C)C(=O)[C@@]2(Oc4c(Cl)c(OC)cc(OC)c4C2=O)[C@H](C)C3)cc1. The standard InChI is InChI=1S/C35H35ClN2O9/c1-18-14-25-28(33(40)35(18)34(41)29-24(43-5)16-26(44-6)30(36)32(29)47-35)21(31(46-25)19-9-11-20(42-4)12-10-19)15-27(39)37-17-22(38(2)3)23-8-7-13-45-23/h7-13,16,18,22H,14-15,17H2,1-6H3,(H,37,39)/t18-,22?,35+/m1/s1. The second kappa shape index (κ2) is 12.5. The smallest absolute Gasteiger partial charge is 0.237 e. The molecule has 3 atom stereocenters. The normalized spacial score (nSPS) is 18.9. The molecule has 0 fully saturated rings. The van der Waals surface area contributed by atoms with Gasteiger partial charge in [0.2, 0.25) is 23.1 Å². The third-order valence-corrected chi connectivity index (χ3v) is 9.28. The first-order valence-corrected chi connectivity index (χ1v) is 15.4. The molecule has 1 N–H and O–H groups in total. The maximum Gasteiger partial charge on any atom is 0.237 e. The number of hydrogen-bond acceptors (Lipinski definition) is 10. The molecule has 0 bridgehead atoms. The fourth-order valence-corrected chi connectivity index (χ4v) is 6.69. The zero-order valence-electron chi connectivity index (χ0n) is 26.9. The Kier molecular flexibility index (Phi) is 8.54. The van der Waals surface area contributed by atoms with Crippen LogP contribution in [-0.4, -0.2) is 69.9 Å². The molecule has 0 saturated carbocycles. The molecule has 47 heavy (non-hydrogen) atoms.